The van der Waals surface area contributed by atoms with Crippen LogP contribution in [-0.2, 0) is 10.3 Å². The maximum atomic E-state index is 12.7. The SMILES string of the molecule is CC(N)(C(=O)N1CC2C(C1)C2(C)C)c1ccc(Br)cc1. The van der Waals surface area contributed by atoms with Crippen molar-refractivity contribution in [1.82, 2.24) is 4.90 Å². The van der Waals surface area contributed by atoms with Crippen LogP contribution in [0.5, 0.6) is 0 Å². The number of amides is 1. The van der Waals surface area contributed by atoms with Crippen LogP contribution in [-0.4, -0.2) is 23.9 Å². The highest BCUT2D eigenvalue weighted by Gasteiger charge is 2.63. The third-order valence-corrected chi connectivity index (χ3v) is 5.83. The third kappa shape index (κ3) is 2.01. The van der Waals surface area contributed by atoms with Crippen molar-refractivity contribution in [3.8, 4) is 0 Å². The number of nitrogens with two attached hydrogens (primary N) is 1. The van der Waals surface area contributed by atoms with Gasteiger partial charge in [0.2, 0.25) is 5.91 Å². The molecule has 4 heteroatoms. The fourth-order valence-corrected chi connectivity index (χ4v) is 3.81. The number of halogens is 1. The van der Waals surface area contributed by atoms with Gasteiger partial charge < -0.3 is 10.6 Å². The summed E-state index contributed by atoms with van der Waals surface area (Å²) in [7, 11) is 0. The van der Waals surface area contributed by atoms with E-state index in [1.54, 1.807) is 0 Å². The Morgan fingerprint density at radius 1 is 1.30 bits per heavy atom. The molecule has 1 amide bonds. The maximum Gasteiger partial charge on any atom is 0.246 e. The predicted molar refractivity (Wildman–Crippen MR) is 83.0 cm³/mol. The monoisotopic (exact) mass is 336 g/mol. The van der Waals surface area contributed by atoms with Crippen LogP contribution in [0.25, 0.3) is 0 Å². The Hall–Kier alpha value is -0.870. The van der Waals surface area contributed by atoms with Gasteiger partial charge in [-0.05, 0) is 41.9 Å². The molecule has 0 radical (unpaired) electrons. The number of piperidine rings is 1. The summed E-state index contributed by atoms with van der Waals surface area (Å²) in [6, 6.07) is 7.70. The largest absolute Gasteiger partial charge is 0.340 e. The highest BCUT2D eigenvalue weighted by molar-refractivity contribution is 9.10. The number of hydrogen-bond acceptors (Lipinski definition) is 2. The Bertz CT molecular complexity index is 536. The highest BCUT2D eigenvalue weighted by Crippen LogP contribution is 2.62. The number of carbonyl (C=O) groups excluding carboxylic acids is 1. The van der Waals surface area contributed by atoms with Gasteiger partial charge in [-0.15, -0.1) is 0 Å². The van der Waals surface area contributed by atoms with E-state index in [1.807, 2.05) is 36.1 Å². The van der Waals surface area contributed by atoms with Crippen molar-refractivity contribution < 1.29 is 4.79 Å². The number of rotatable bonds is 2. The predicted octanol–water partition coefficient (Wildman–Crippen LogP) is 2.74. The zero-order valence-corrected chi connectivity index (χ0v) is 13.8. The Labute approximate surface area is 128 Å². The van der Waals surface area contributed by atoms with Crippen LogP contribution in [0, 0.1) is 17.3 Å². The third-order valence-electron chi connectivity index (χ3n) is 5.30. The standard InChI is InChI=1S/C16H21BrN2O/c1-15(2)12-8-19(9-13(12)15)14(20)16(3,18)10-4-6-11(17)7-5-10/h4-7,12-13H,8-9,18H2,1-3H3. The van der Waals surface area contributed by atoms with Gasteiger partial charge in [0.15, 0.2) is 0 Å². The van der Waals surface area contributed by atoms with Crippen molar-refractivity contribution in [2.24, 2.45) is 23.0 Å². The van der Waals surface area contributed by atoms with Crippen molar-refractivity contribution >= 4 is 21.8 Å². The zero-order valence-electron chi connectivity index (χ0n) is 12.2. The van der Waals surface area contributed by atoms with Crippen molar-refractivity contribution in [2.75, 3.05) is 13.1 Å². The lowest BCUT2D eigenvalue weighted by atomic mass is 9.91. The summed E-state index contributed by atoms with van der Waals surface area (Å²) in [5.41, 5.74) is 6.67. The summed E-state index contributed by atoms with van der Waals surface area (Å²) >= 11 is 3.41. The highest BCUT2D eigenvalue weighted by atomic mass is 79.9. The van der Waals surface area contributed by atoms with E-state index in [0.29, 0.717) is 17.3 Å². The smallest absolute Gasteiger partial charge is 0.246 e. The first-order valence-corrected chi connectivity index (χ1v) is 7.88. The molecule has 108 valence electrons. The molecule has 1 saturated carbocycles. The van der Waals surface area contributed by atoms with E-state index in [2.05, 4.69) is 29.8 Å². The summed E-state index contributed by atoms with van der Waals surface area (Å²) in [5, 5.41) is 0. The Morgan fingerprint density at radius 3 is 2.30 bits per heavy atom. The molecule has 1 saturated heterocycles. The molecule has 1 aliphatic heterocycles. The number of carbonyl (C=O) groups is 1. The summed E-state index contributed by atoms with van der Waals surface area (Å²) < 4.78 is 0.994. The van der Waals surface area contributed by atoms with Crippen molar-refractivity contribution in [3.63, 3.8) is 0 Å². The molecule has 2 fully saturated rings. The quantitative estimate of drug-likeness (QED) is 0.902. The molecule has 20 heavy (non-hydrogen) atoms. The molecule has 3 rings (SSSR count). The first kappa shape index (κ1) is 14.1. The van der Waals surface area contributed by atoms with E-state index in [0.717, 1.165) is 23.1 Å². The van der Waals surface area contributed by atoms with Gasteiger partial charge in [0.05, 0.1) is 0 Å². The van der Waals surface area contributed by atoms with Gasteiger partial charge in [0, 0.05) is 17.6 Å². The Kier molecular flexibility index (Phi) is 3.04. The average molecular weight is 337 g/mol. The summed E-state index contributed by atoms with van der Waals surface area (Å²) in [6.07, 6.45) is 0. The fraction of sp³-hybridized carbons (Fsp3) is 0.562. The number of fused-ring (bicyclic) bond motifs is 1. The van der Waals surface area contributed by atoms with Crippen LogP contribution in [0.3, 0.4) is 0 Å². The molecular formula is C16H21BrN2O. The molecule has 3 unspecified atom stereocenters. The van der Waals surface area contributed by atoms with E-state index in [-0.39, 0.29) is 5.91 Å². The first-order chi connectivity index (χ1) is 9.24. The molecule has 2 aliphatic rings. The zero-order chi connectivity index (χ0) is 14.7. The second-order valence-corrected chi connectivity index (χ2v) is 7.87. The molecule has 1 aromatic carbocycles. The summed E-state index contributed by atoms with van der Waals surface area (Å²) in [5.74, 6) is 1.36. The lowest BCUT2D eigenvalue weighted by Crippen LogP contribution is -2.51. The topological polar surface area (TPSA) is 46.3 Å². The molecule has 0 bridgehead atoms. The van der Waals surface area contributed by atoms with Gasteiger partial charge in [-0.25, -0.2) is 0 Å². The van der Waals surface area contributed by atoms with Crippen LogP contribution in [0.4, 0.5) is 0 Å². The second-order valence-electron chi connectivity index (χ2n) is 6.95. The van der Waals surface area contributed by atoms with E-state index in [9.17, 15) is 4.79 Å². The normalized spacial score (nSPS) is 29.8. The van der Waals surface area contributed by atoms with Gasteiger partial charge in [0.25, 0.3) is 0 Å². The summed E-state index contributed by atoms with van der Waals surface area (Å²) in [4.78, 5) is 14.7. The van der Waals surface area contributed by atoms with Crippen LogP contribution >= 0.6 is 15.9 Å². The number of likely N-dealkylation sites (tertiary alicyclic amines) is 1. The van der Waals surface area contributed by atoms with Gasteiger partial charge in [-0.2, -0.15) is 0 Å². The lowest BCUT2D eigenvalue weighted by Gasteiger charge is -2.31. The second kappa shape index (κ2) is 4.31. The Balaban J connectivity index is 1.75. The van der Waals surface area contributed by atoms with E-state index >= 15 is 0 Å². The van der Waals surface area contributed by atoms with Gasteiger partial charge >= 0.3 is 0 Å². The van der Waals surface area contributed by atoms with Crippen molar-refractivity contribution in [2.45, 2.75) is 26.3 Å². The molecular weight excluding hydrogens is 316 g/mol. The van der Waals surface area contributed by atoms with Gasteiger partial charge in [-0.3, -0.25) is 4.79 Å². The van der Waals surface area contributed by atoms with E-state index in [4.69, 9.17) is 5.73 Å². The number of benzene rings is 1. The Morgan fingerprint density at radius 2 is 1.80 bits per heavy atom. The fourth-order valence-electron chi connectivity index (χ4n) is 3.55. The summed E-state index contributed by atoms with van der Waals surface area (Å²) in [6.45, 7) is 8.12. The van der Waals surface area contributed by atoms with Gasteiger partial charge in [0.1, 0.15) is 5.54 Å². The molecule has 3 atom stereocenters. The molecule has 0 aromatic heterocycles. The van der Waals surface area contributed by atoms with Crippen LogP contribution < -0.4 is 5.73 Å². The maximum absolute atomic E-state index is 12.7. The molecule has 3 nitrogen and oxygen atoms in total. The molecule has 1 heterocycles. The number of hydrogen-bond donors (Lipinski definition) is 1. The molecule has 0 spiro atoms. The first-order valence-electron chi connectivity index (χ1n) is 7.09. The number of nitrogens with zero attached hydrogens (tertiary/aromatic N) is 1. The van der Waals surface area contributed by atoms with Crippen LogP contribution in [0.15, 0.2) is 28.7 Å². The molecule has 2 N–H and O–H groups in total. The molecule has 1 aromatic rings. The van der Waals surface area contributed by atoms with Crippen molar-refractivity contribution in [1.29, 1.82) is 0 Å². The van der Waals surface area contributed by atoms with Gasteiger partial charge in [-0.1, -0.05) is 41.9 Å². The van der Waals surface area contributed by atoms with E-state index < -0.39 is 5.54 Å². The minimum absolute atomic E-state index is 0.0443. The minimum Gasteiger partial charge on any atom is -0.340 e. The van der Waals surface area contributed by atoms with E-state index in [1.165, 1.54) is 0 Å². The van der Waals surface area contributed by atoms with Crippen LogP contribution in [0.2, 0.25) is 0 Å². The molecule has 1 aliphatic carbocycles. The average Bonchev–Trinajstić information content (AvgIpc) is 2.80. The lowest BCUT2D eigenvalue weighted by molar-refractivity contribution is -0.136. The van der Waals surface area contributed by atoms with Crippen molar-refractivity contribution in [3.05, 3.63) is 34.3 Å². The minimum atomic E-state index is -0.943. The van der Waals surface area contributed by atoms with Crippen LogP contribution in [0.1, 0.15) is 26.3 Å².